The fraction of sp³-hybridized carbons (Fsp3) is 0.0526. The average Bonchev–Trinajstić information content (AvgIpc) is 3.07. The number of hydrogen-bond acceptors (Lipinski definition) is 5. The summed E-state index contributed by atoms with van der Waals surface area (Å²) in [5.41, 5.74) is 0.990. The molecule has 0 bridgehead atoms. The van der Waals surface area contributed by atoms with E-state index < -0.39 is 10.0 Å². The van der Waals surface area contributed by atoms with Crippen LogP contribution in [-0.2, 0) is 14.8 Å². The first-order chi connectivity index (χ1) is 13.3. The van der Waals surface area contributed by atoms with Crippen molar-refractivity contribution in [2.45, 2.75) is 11.8 Å². The summed E-state index contributed by atoms with van der Waals surface area (Å²) in [6.45, 7) is 1.90. The molecule has 0 fully saturated rings. The molecule has 1 heterocycles. The minimum absolute atomic E-state index is 0.0901. The van der Waals surface area contributed by atoms with Gasteiger partial charge in [-0.15, -0.1) is 11.3 Å². The van der Waals surface area contributed by atoms with Gasteiger partial charge in [-0.3, -0.25) is 14.8 Å². The lowest BCUT2D eigenvalue weighted by atomic mass is 10.2. The second-order valence-corrected chi connectivity index (χ2v) is 9.08. The highest BCUT2D eigenvalue weighted by Crippen LogP contribution is 2.24. The van der Waals surface area contributed by atoms with Crippen LogP contribution in [0.15, 0.2) is 65.7 Å². The minimum Gasteiger partial charge on any atom is -0.298 e. The van der Waals surface area contributed by atoms with E-state index in [2.05, 4.69) is 15.0 Å². The maximum absolute atomic E-state index is 12.5. The monoisotopic (exact) mass is 433 g/mol. The van der Waals surface area contributed by atoms with Crippen molar-refractivity contribution >= 4 is 55.8 Å². The molecule has 0 aliphatic heterocycles. The molecule has 9 heteroatoms. The molecule has 0 aliphatic carbocycles. The standard InChI is InChI=1S/C19H16ClN3O3S2/c1-13-12-21-19(27-13)22-18(24)11-8-14-6-9-15(10-7-14)28(25,26)23-17-5-3-2-4-16(17)20/h2-12,23H,1H3,(H,21,22,24)/b11-8+. The average molecular weight is 434 g/mol. The third-order valence-corrected chi connectivity index (χ3v) is 6.13. The third-order valence-electron chi connectivity index (χ3n) is 3.59. The zero-order chi connectivity index (χ0) is 20.1. The molecule has 1 aromatic heterocycles. The number of benzene rings is 2. The van der Waals surface area contributed by atoms with Crippen LogP contribution in [0, 0.1) is 6.92 Å². The summed E-state index contributed by atoms with van der Waals surface area (Å²) in [7, 11) is -3.77. The van der Waals surface area contributed by atoms with Gasteiger partial charge in [0.2, 0.25) is 5.91 Å². The number of halogens is 1. The number of amides is 1. The van der Waals surface area contributed by atoms with Crippen molar-refractivity contribution in [3.8, 4) is 0 Å². The molecule has 0 saturated heterocycles. The van der Waals surface area contributed by atoms with Gasteiger partial charge in [0.1, 0.15) is 0 Å². The van der Waals surface area contributed by atoms with Crippen LogP contribution in [0.2, 0.25) is 5.02 Å². The maximum atomic E-state index is 12.5. The first kappa shape index (κ1) is 20.1. The van der Waals surface area contributed by atoms with E-state index in [1.54, 1.807) is 48.7 Å². The summed E-state index contributed by atoms with van der Waals surface area (Å²) in [5, 5.41) is 3.50. The van der Waals surface area contributed by atoms with Gasteiger partial charge in [0, 0.05) is 17.2 Å². The van der Waals surface area contributed by atoms with Crippen molar-refractivity contribution < 1.29 is 13.2 Å². The Balaban J connectivity index is 1.67. The Labute approximate surface area is 172 Å². The molecular weight excluding hydrogens is 418 g/mol. The van der Waals surface area contributed by atoms with Gasteiger partial charge in [0.15, 0.2) is 5.13 Å². The molecule has 144 valence electrons. The molecule has 3 rings (SSSR count). The van der Waals surface area contributed by atoms with Gasteiger partial charge in [-0.1, -0.05) is 35.9 Å². The van der Waals surface area contributed by atoms with Gasteiger partial charge in [-0.05, 0) is 42.8 Å². The molecule has 2 N–H and O–H groups in total. The van der Waals surface area contributed by atoms with Crippen LogP contribution in [0.1, 0.15) is 10.4 Å². The molecule has 3 aromatic rings. The van der Waals surface area contributed by atoms with E-state index in [1.165, 1.54) is 29.5 Å². The third kappa shape index (κ3) is 5.19. The van der Waals surface area contributed by atoms with Gasteiger partial charge in [-0.2, -0.15) is 0 Å². The van der Waals surface area contributed by atoms with Crippen molar-refractivity contribution in [2.24, 2.45) is 0 Å². The number of para-hydroxylation sites is 1. The molecule has 1 amide bonds. The highest BCUT2D eigenvalue weighted by Gasteiger charge is 2.15. The summed E-state index contributed by atoms with van der Waals surface area (Å²) in [5.74, 6) is -0.313. The van der Waals surface area contributed by atoms with E-state index in [4.69, 9.17) is 11.6 Å². The predicted molar refractivity (Wildman–Crippen MR) is 113 cm³/mol. The molecule has 0 atom stereocenters. The second-order valence-electron chi connectivity index (χ2n) is 5.75. The van der Waals surface area contributed by atoms with Gasteiger partial charge >= 0.3 is 0 Å². The molecule has 0 radical (unpaired) electrons. The lowest BCUT2D eigenvalue weighted by molar-refractivity contribution is -0.111. The smallest absolute Gasteiger partial charge is 0.261 e. The van der Waals surface area contributed by atoms with Gasteiger partial charge in [0.25, 0.3) is 10.0 Å². The predicted octanol–water partition coefficient (Wildman–Crippen LogP) is 4.56. The zero-order valence-electron chi connectivity index (χ0n) is 14.7. The molecule has 0 saturated carbocycles. The van der Waals surface area contributed by atoms with E-state index in [0.717, 1.165) is 4.88 Å². The number of sulfonamides is 1. The first-order valence-corrected chi connectivity index (χ1v) is 10.8. The van der Waals surface area contributed by atoms with E-state index >= 15 is 0 Å². The van der Waals surface area contributed by atoms with Crippen LogP contribution >= 0.6 is 22.9 Å². The van der Waals surface area contributed by atoms with Crippen LogP contribution < -0.4 is 10.0 Å². The number of carbonyl (C=O) groups is 1. The summed E-state index contributed by atoms with van der Waals surface area (Å²) in [6.07, 6.45) is 4.63. The van der Waals surface area contributed by atoms with Crippen molar-refractivity contribution in [3.05, 3.63) is 76.3 Å². The van der Waals surface area contributed by atoms with E-state index in [-0.39, 0.29) is 10.8 Å². The molecule has 0 unspecified atom stereocenters. The first-order valence-electron chi connectivity index (χ1n) is 8.12. The Hall–Kier alpha value is -2.68. The number of anilines is 2. The molecule has 2 aromatic carbocycles. The molecular formula is C19H16ClN3O3S2. The van der Waals surface area contributed by atoms with Gasteiger partial charge < -0.3 is 0 Å². The zero-order valence-corrected chi connectivity index (χ0v) is 17.1. The lowest BCUT2D eigenvalue weighted by Crippen LogP contribution is -2.13. The van der Waals surface area contributed by atoms with Crippen molar-refractivity contribution in [3.63, 3.8) is 0 Å². The highest BCUT2D eigenvalue weighted by atomic mass is 35.5. The number of nitrogens with zero attached hydrogens (tertiary/aromatic N) is 1. The van der Waals surface area contributed by atoms with Crippen molar-refractivity contribution in [1.29, 1.82) is 0 Å². The van der Waals surface area contributed by atoms with Crippen molar-refractivity contribution in [2.75, 3.05) is 10.0 Å². The van der Waals surface area contributed by atoms with Crippen LogP contribution in [0.25, 0.3) is 6.08 Å². The molecule has 6 nitrogen and oxygen atoms in total. The van der Waals surface area contributed by atoms with Gasteiger partial charge in [0.05, 0.1) is 15.6 Å². The van der Waals surface area contributed by atoms with Crippen LogP contribution in [0.5, 0.6) is 0 Å². The summed E-state index contributed by atoms with van der Waals surface area (Å²) >= 11 is 7.38. The topological polar surface area (TPSA) is 88.2 Å². The van der Waals surface area contributed by atoms with Crippen LogP contribution in [-0.4, -0.2) is 19.3 Å². The van der Waals surface area contributed by atoms with Gasteiger partial charge in [-0.25, -0.2) is 13.4 Å². The van der Waals surface area contributed by atoms with Crippen LogP contribution in [0.4, 0.5) is 10.8 Å². The number of nitrogens with one attached hydrogen (secondary N) is 2. The molecule has 28 heavy (non-hydrogen) atoms. The Bertz CT molecular complexity index is 1120. The maximum Gasteiger partial charge on any atom is 0.261 e. The second kappa shape index (κ2) is 8.55. The van der Waals surface area contributed by atoms with Crippen LogP contribution in [0.3, 0.4) is 0 Å². The molecule has 0 spiro atoms. The minimum atomic E-state index is -3.77. The van der Waals surface area contributed by atoms with Crippen molar-refractivity contribution in [1.82, 2.24) is 4.98 Å². The summed E-state index contributed by atoms with van der Waals surface area (Å²) in [6, 6.07) is 12.7. The van der Waals surface area contributed by atoms with E-state index in [9.17, 15) is 13.2 Å². The number of thiazole rings is 1. The number of rotatable bonds is 6. The summed E-state index contributed by atoms with van der Waals surface area (Å²) in [4.78, 5) is 17.1. The SMILES string of the molecule is Cc1cnc(NC(=O)/C=C/c2ccc(S(=O)(=O)Nc3ccccc3Cl)cc2)s1. The Morgan fingerprint density at radius 2 is 1.86 bits per heavy atom. The summed E-state index contributed by atoms with van der Waals surface area (Å²) < 4.78 is 27.4. The van der Waals surface area contributed by atoms with E-state index in [0.29, 0.717) is 21.4 Å². The number of carbonyl (C=O) groups excluding carboxylic acids is 1. The highest BCUT2D eigenvalue weighted by molar-refractivity contribution is 7.92. The largest absolute Gasteiger partial charge is 0.298 e. The lowest BCUT2D eigenvalue weighted by Gasteiger charge is -2.09. The Kier molecular flexibility index (Phi) is 6.13. The Morgan fingerprint density at radius 1 is 1.14 bits per heavy atom. The quantitative estimate of drug-likeness (QED) is 0.558. The number of aromatic nitrogens is 1. The van der Waals surface area contributed by atoms with E-state index in [1.807, 2.05) is 6.92 Å². The molecule has 0 aliphatic rings. The Morgan fingerprint density at radius 3 is 2.50 bits per heavy atom. The fourth-order valence-corrected chi connectivity index (χ4v) is 4.22. The number of aryl methyl sites for hydroxylation is 1. The number of hydrogen-bond donors (Lipinski definition) is 2. The normalized spacial score (nSPS) is 11.5. The fourth-order valence-electron chi connectivity index (χ4n) is 2.24.